The fourth-order valence-electron chi connectivity index (χ4n) is 9.66. The number of rotatable bonds is 11. The van der Waals surface area contributed by atoms with Crippen LogP contribution in [0.5, 0.6) is 11.6 Å². The van der Waals surface area contributed by atoms with Crippen LogP contribution in [0.25, 0.3) is 0 Å². The highest BCUT2D eigenvalue weighted by Gasteiger charge is 2.67. The molecule has 4 aliphatic rings. The number of carbonyl (C=O) groups excluding carboxylic acids is 2. The summed E-state index contributed by atoms with van der Waals surface area (Å²) in [7, 11) is 0.820. The molecule has 0 bridgehead atoms. The molecule has 8 rings (SSSR count). The molecule has 0 amide bonds. The van der Waals surface area contributed by atoms with Crippen molar-refractivity contribution in [2.75, 3.05) is 20.6 Å². The summed E-state index contributed by atoms with van der Waals surface area (Å²) in [5.74, 6) is -2.90. The number of piperidine rings is 1. The number of fused-ring (bicyclic) bond motifs is 4. The molecule has 61 heavy (non-hydrogen) atoms. The molecule has 13 heteroatoms. The number of halogens is 2. The van der Waals surface area contributed by atoms with Crippen LogP contribution in [0.4, 0.5) is 4.39 Å². The van der Waals surface area contributed by atoms with Gasteiger partial charge < -0.3 is 23.5 Å². The molecule has 1 aromatic heterocycles. The molecular weight excluding hydrogens is 858 g/mol. The van der Waals surface area contributed by atoms with Crippen molar-refractivity contribution in [3.8, 4) is 11.6 Å². The second-order valence-electron chi connectivity index (χ2n) is 19.1. The van der Waals surface area contributed by atoms with E-state index < -0.39 is 60.0 Å². The highest BCUT2D eigenvalue weighted by atomic mass is 79.9. The Kier molecular flexibility index (Phi) is 11.8. The van der Waals surface area contributed by atoms with Gasteiger partial charge >= 0.3 is 0 Å². The van der Waals surface area contributed by atoms with Gasteiger partial charge in [-0.1, -0.05) is 87.9 Å². The van der Waals surface area contributed by atoms with E-state index in [0.717, 1.165) is 36.9 Å². The van der Waals surface area contributed by atoms with Gasteiger partial charge in [-0.05, 0) is 110 Å². The lowest BCUT2D eigenvalue weighted by Crippen LogP contribution is -2.65. The number of benzene rings is 3. The van der Waals surface area contributed by atoms with Gasteiger partial charge in [-0.3, -0.25) is 19.4 Å². The Hall–Kier alpha value is -4.14. The molecule has 2 heterocycles. The van der Waals surface area contributed by atoms with E-state index in [1.165, 1.54) is 0 Å². The van der Waals surface area contributed by atoms with E-state index >= 15 is 14.0 Å². The van der Waals surface area contributed by atoms with Gasteiger partial charge in [0.1, 0.15) is 36.1 Å². The van der Waals surface area contributed by atoms with Crippen molar-refractivity contribution in [2.45, 2.75) is 115 Å². The first-order chi connectivity index (χ1) is 29.0. The summed E-state index contributed by atoms with van der Waals surface area (Å²) in [5.41, 5.74) is 0.623. The van der Waals surface area contributed by atoms with E-state index in [1.807, 2.05) is 92.8 Å². The third-order valence-corrected chi connectivity index (χ3v) is 19.2. The predicted octanol–water partition coefficient (Wildman–Crippen LogP) is 10.6. The highest BCUT2D eigenvalue weighted by Crippen LogP contribution is 2.60. The van der Waals surface area contributed by atoms with Crippen molar-refractivity contribution in [1.82, 2.24) is 15.0 Å². The molecular formula is C48H57BrFN3O7Si. The second kappa shape index (κ2) is 16.5. The smallest absolute Gasteiger partial charge is 0.265 e. The molecule has 0 radical (unpaired) electrons. The third kappa shape index (κ3) is 7.51. The first-order valence-corrected chi connectivity index (χ1v) is 25.2. The number of hydrogen-bond acceptors (Lipinski definition) is 10. The zero-order valence-corrected chi connectivity index (χ0v) is 39.0. The number of allylic oxidation sites excluding steroid dienone is 1. The Morgan fingerprint density at radius 1 is 1.00 bits per heavy atom. The van der Waals surface area contributed by atoms with Crippen molar-refractivity contribution in [1.29, 1.82) is 0 Å². The number of carbonyl (C=O) groups is 2. The molecule has 5 atom stereocenters. The van der Waals surface area contributed by atoms with Crippen LogP contribution in [0.2, 0.25) is 18.1 Å². The monoisotopic (exact) mass is 913 g/mol. The highest BCUT2D eigenvalue weighted by molar-refractivity contribution is 9.10. The van der Waals surface area contributed by atoms with E-state index in [1.54, 1.807) is 0 Å². The number of Topliss-reactive ketones (excluding diaryl/α,β-unsaturated/α-hetero) is 2. The number of nitrogens with zero attached hydrogens (tertiary/aromatic N) is 3. The number of ether oxygens (including phenoxy) is 2. The largest absolute Gasteiger partial charge is 0.508 e. The van der Waals surface area contributed by atoms with Crippen molar-refractivity contribution in [2.24, 2.45) is 11.8 Å². The third-order valence-electron chi connectivity index (χ3n) is 13.9. The number of aliphatic hydroxyl groups is 1. The molecule has 1 aliphatic heterocycles. The summed E-state index contributed by atoms with van der Waals surface area (Å²) in [4.78, 5) is 35.4. The summed E-state index contributed by atoms with van der Waals surface area (Å²) in [6, 6.07) is 18.8. The van der Waals surface area contributed by atoms with Crippen LogP contribution in [0.1, 0.15) is 108 Å². The molecule has 0 saturated carbocycles. The Morgan fingerprint density at radius 3 is 2.25 bits per heavy atom. The maximum absolute atomic E-state index is 17.4. The quantitative estimate of drug-likeness (QED) is 0.146. The number of hydrogen-bond donors (Lipinski definition) is 1. The predicted molar refractivity (Wildman–Crippen MR) is 237 cm³/mol. The van der Waals surface area contributed by atoms with Crippen LogP contribution in [-0.4, -0.2) is 72.2 Å². The normalized spacial score (nSPS) is 24.3. The molecule has 0 unspecified atom stereocenters. The zero-order chi connectivity index (χ0) is 43.6. The molecule has 1 saturated heterocycles. The molecule has 324 valence electrons. The zero-order valence-electron chi connectivity index (χ0n) is 36.4. The lowest BCUT2D eigenvalue weighted by Gasteiger charge is -2.55. The maximum Gasteiger partial charge on any atom is 0.265 e. The molecule has 1 fully saturated rings. The number of aliphatic hydroxyl groups excluding tert-OH is 1. The van der Waals surface area contributed by atoms with Crippen molar-refractivity contribution in [3.05, 3.63) is 121 Å². The average molecular weight is 915 g/mol. The minimum absolute atomic E-state index is 0.00856. The fourth-order valence-corrected chi connectivity index (χ4v) is 11.7. The van der Waals surface area contributed by atoms with Crippen LogP contribution in [0, 0.1) is 17.7 Å². The molecule has 4 aromatic rings. The van der Waals surface area contributed by atoms with Crippen LogP contribution in [-0.2, 0) is 30.6 Å². The molecule has 10 nitrogen and oxygen atoms in total. The summed E-state index contributed by atoms with van der Waals surface area (Å²) in [6.07, 6.45) is 3.51. The molecule has 3 aromatic carbocycles. The first-order valence-electron chi connectivity index (χ1n) is 21.5. The van der Waals surface area contributed by atoms with Gasteiger partial charge in [0.05, 0.1) is 16.1 Å². The lowest BCUT2D eigenvalue weighted by molar-refractivity contribution is -0.0481. The van der Waals surface area contributed by atoms with Gasteiger partial charge in [0, 0.05) is 35.2 Å². The second-order valence-corrected chi connectivity index (χ2v) is 24.6. The minimum Gasteiger partial charge on any atom is -0.508 e. The van der Waals surface area contributed by atoms with Gasteiger partial charge in [0.15, 0.2) is 25.5 Å². The molecule has 3 aliphatic carbocycles. The van der Waals surface area contributed by atoms with Gasteiger partial charge in [-0.25, -0.2) is 4.39 Å². The Bertz CT molecular complexity index is 2360. The Balaban J connectivity index is 1.31. The van der Waals surface area contributed by atoms with Gasteiger partial charge in [-0.2, -0.15) is 0 Å². The van der Waals surface area contributed by atoms with Crippen LogP contribution >= 0.6 is 15.9 Å². The number of likely N-dealkylation sites (tertiary alicyclic amines) is 1. The summed E-state index contributed by atoms with van der Waals surface area (Å²) < 4.78 is 44.0. The lowest BCUT2D eigenvalue weighted by atomic mass is 9.58. The van der Waals surface area contributed by atoms with Gasteiger partial charge in [-0.15, -0.1) is 0 Å². The minimum atomic E-state index is -2.94. The van der Waals surface area contributed by atoms with E-state index in [4.69, 9.17) is 18.4 Å². The average Bonchev–Trinajstić information content (AvgIpc) is 3.64. The SMILES string of the molecule is C[C@H]1CCCCN1Cc1c(F)c2c(c(OCc3ccccc3)c1Br)C(=O)C1=C(O)[C@]3(O[Si](C)(C)C(C)(C)C)C(=O)c4c(OCc5ccccc5)noc4[C@@H](N(C)C)[C@@H]3C[C@@H]1C2. The Morgan fingerprint density at radius 2 is 1.64 bits per heavy atom. The topological polar surface area (TPSA) is 115 Å². The summed E-state index contributed by atoms with van der Waals surface area (Å²) >= 11 is 3.74. The summed E-state index contributed by atoms with van der Waals surface area (Å²) in [5, 5.41) is 17.0. The van der Waals surface area contributed by atoms with Crippen molar-refractivity contribution < 1.29 is 37.5 Å². The van der Waals surface area contributed by atoms with Crippen LogP contribution < -0.4 is 9.47 Å². The van der Waals surface area contributed by atoms with Crippen LogP contribution in [0.3, 0.4) is 0 Å². The first kappa shape index (κ1) is 43.5. The van der Waals surface area contributed by atoms with E-state index in [0.29, 0.717) is 22.3 Å². The van der Waals surface area contributed by atoms with E-state index in [2.05, 4.69) is 53.7 Å². The van der Waals surface area contributed by atoms with Crippen LogP contribution in [0.15, 0.2) is 81.0 Å². The van der Waals surface area contributed by atoms with Gasteiger partial charge in [0.25, 0.3) is 5.88 Å². The fraction of sp³-hybridized carbons (Fsp3) is 0.479. The van der Waals surface area contributed by atoms with Crippen molar-refractivity contribution >= 4 is 35.8 Å². The number of aromatic nitrogens is 1. The van der Waals surface area contributed by atoms with Crippen molar-refractivity contribution in [3.63, 3.8) is 0 Å². The maximum atomic E-state index is 17.4. The summed E-state index contributed by atoms with van der Waals surface area (Å²) in [6.45, 7) is 13.9. The molecule has 1 N–H and O–H groups in total. The van der Waals surface area contributed by atoms with Gasteiger partial charge in [0.2, 0.25) is 5.78 Å². The van der Waals surface area contributed by atoms with E-state index in [-0.39, 0.29) is 66.0 Å². The molecule has 0 spiro atoms. The Labute approximate surface area is 367 Å². The standard InChI is InChI=1S/C48H57BrFN3O7Si/c1-28-17-15-16-22-53(28)25-33-38(49)42(57-26-29-18-11-9-12-19-29)36-32(39(33)50)23-31-24-34-40(52(5)6)43-37(46(51-59-43)58-27-30-20-13-10-14-21-30)45(56)48(34,44(55)35(31)41(36)54)60-61(7,8)47(2,3)4/h9-14,18-21,28,31,34,40,55H,15-17,22-27H2,1-8H3/t28-,31-,34-,40-,48-/m0/s1. The number of ketones is 2. The van der Waals surface area contributed by atoms with E-state index in [9.17, 15) is 5.11 Å².